The van der Waals surface area contributed by atoms with E-state index in [0.717, 1.165) is 31.6 Å². The van der Waals surface area contributed by atoms with Gasteiger partial charge in [-0.2, -0.15) is 0 Å². The lowest BCUT2D eigenvalue weighted by Gasteiger charge is -2.33. The predicted octanol–water partition coefficient (Wildman–Crippen LogP) is 2.90. The number of aliphatic carboxylic acids is 1. The summed E-state index contributed by atoms with van der Waals surface area (Å²) >= 11 is 0. The molecule has 1 saturated carbocycles. The highest BCUT2D eigenvalue weighted by molar-refractivity contribution is 5.83. The number of nitrogens with zero attached hydrogens (tertiary/aromatic N) is 1. The van der Waals surface area contributed by atoms with Crippen molar-refractivity contribution < 1.29 is 19.4 Å². The zero-order chi connectivity index (χ0) is 17.1. The normalized spacial score (nSPS) is 26.0. The van der Waals surface area contributed by atoms with Crippen LogP contribution in [0.5, 0.6) is 5.75 Å². The molecule has 2 aliphatic rings. The lowest BCUT2D eigenvalue weighted by molar-refractivity contribution is -0.137. The van der Waals surface area contributed by atoms with Gasteiger partial charge >= 0.3 is 5.97 Å². The number of carboxylic acids is 1. The lowest BCUT2D eigenvalue weighted by Crippen LogP contribution is -2.41. The minimum absolute atomic E-state index is 0.0790. The molecule has 0 radical (unpaired) electrons. The Kier molecular flexibility index (Phi) is 5.07. The fraction of sp³-hybridized carbons (Fsp3) is 0.579. The summed E-state index contributed by atoms with van der Waals surface area (Å²) in [5, 5.41) is 8.83. The second kappa shape index (κ2) is 7.24. The van der Waals surface area contributed by atoms with Crippen molar-refractivity contribution in [3.8, 4) is 5.75 Å². The maximum Gasteiger partial charge on any atom is 0.303 e. The molecule has 1 saturated heterocycles. The maximum absolute atomic E-state index is 12.8. The van der Waals surface area contributed by atoms with Crippen molar-refractivity contribution in [2.75, 3.05) is 20.2 Å². The minimum atomic E-state index is -0.751. The molecule has 5 nitrogen and oxygen atoms in total. The number of ether oxygens (including phenoxy) is 1. The fourth-order valence-corrected chi connectivity index (χ4v) is 3.77. The molecule has 3 rings (SSSR count). The number of carbonyl (C=O) groups is 2. The number of piperidine rings is 1. The highest BCUT2D eigenvalue weighted by atomic mass is 16.5. The van der Waals surface area contributed by atoms with Gasteiger partial charge in [-0.25, -0.2) is 0 Å². The van der Waals surface area contributed by atoms with Crippen molar-refractivity contribution in [2.45, 2.75) is 38.0 Å². The molecule has 2 fully saturated rings. The van der Waals surface area contributed by atoms with Crippen molar-refractivity contribution in [1.29, 1.82) is 0 Å². The Morgan fingerprint density at radius 2 is 2.21 bits per heavy atom. The molecule has 130 valence electrons. The van der Waals surface area contributed by atoms with E-state index in [1.165, 1.54) is 5.56 Å². The van der Waals surface area contributed by atoms with E-state index in [1.807, 2.05) is 23.1 Å². The predicted molar refractivity (Wildman–Crippen MR) is 90.0 cm³/mol. The third kappa shape index (κ3) is 3.89. The summed E-state index contributed by atoms with van der Waals surface area (Å²) in [6, 6.07) is 7.97. The van der Waals surface area contributed by atoms with Gasteiger partial charge in [-0.1, -0.05) is 12.1 Å². The Bertz CT molecular complexity index is 615. The number of rotatable bonds is 6. The fourth-order valence-electron chi connectivity index (χ4n) is 3.77. The van der Waals surface area contributed by atoms with Crippen LogP contribution < -0.4 is 4.74 Å². The first-order valence-electron chi connectivity index (χ1n) is 8.73. The number of carbonyl (C=O) groups excluding carboxylic acids is 1. The molecule has 1 aliphatic heterocycles. The molecule has 1 N–H and O–H groups in total. The molecule has 1 aromatic rings. The van der Waals surface area contributed by atoms with E-state index in [1.54, 1.807) is 7.11 Å². The van der Waals surface area contributed by atoms with E-state index in [2.05, 4.69) is 6.07 Å². The van der Waals surface area contributed by atoms with Crippen LogP contribution in [0.15, 0.2) is 24.3 Å². The molecule has 1 aliphatic carbocycles. The molecule has 1 amide bonds. The summed E-state index contributed by atoms with van der Waals surface area (Å²) in [5.74, 6) is 1.02. The molecular formula is C19H25NO4. The number of methoxy groups -OCH3 is 1. The van der Waals surface area contributed by atoms with Gasteiger partial charge in [0.1, 0.15) is 5.75 Å². The largest absolute Gasteiger partial charge is 0.497 e. The first-order valence-corrected chi connectivity index (χ1v) is 8.73. The number of amides is 1. The van der Waals surface area contributed by atoms with Crippen molar-refractivity contribution in [3.05, 3.63) is 29.8 Å². The van der Waals surface area contributed by atoms with Gasteiger partial charge in [0.25, 0.3) is 0 Å². The molecule has 3 atom stereocenters. The summed E-state index contributed by atoms with van der Waals surface area (Å²) in [4.78, 5) is 25.5. The monoisotopic (exact) mass is 331 g/mol. The second-order valence-electron chi connectivity index (χ2n) is 6.95. The van der Waals surface area contributed by atoms with Crippen molar-refractivity contribution in [3.63, 3.8) is 0 Å². The van der Waals surface area contributed by atoms with Gasteiger partial charge in [-0.3, -0.25) is 9.59 Å². The van der Waals surface area contributed by atoms with E-state index < -0.39 is 5.97 Å². The molecule has 1 heterocycles. The summed E-state index contributed by atoms with van der Waals surface area (Å²) in [7, 11) is 1.65. The quantitative estimate of drug-likeness (QED) is 0.870. The zero-order valence-electron chi connectivity index (χ0n) is 14.1. The van der Waals surface area contributed by atoms with Crippen LogP contribution in [0.4, 0.5) is 0 Å². The summed E-state index contributed by atoms with van der Waals surface area (Å²) in [5.41, 5.74) is 1.17. The summed E-state index contributed by atoms with van der Waals surface area (Å²) < 4.78 is 5.26. The number of likely N-dealkylation sites (tertiary alicyclic amines) is 1. The molecule has 0 bridgehead atoms. The average Bonchev–Trinajstić information content (AvgIpc) is 3.40. The van der Waals surface area contributed by atoms with Crippen molar-refractivity contribution in [2.24, 2.45) is 11.8 Å². The van der Waals surface area contributed by atoms with Crippen molar-refractivity contribution in [1.82, 2.24) is 4.90 Å². The van der Waals surface area contributed by atoms with Crippen LogP contribution in [0.3, 0.4) is 0 Å². The molecule has 24 heavy (non-hydrogen) atoms. The summed E-state index contributed by atoms with van der Waals surface area (Å²) in [6.07, 6.45) is 3.78. The van der Waals surface area contributed by atoms with Gasteiger partial charge in [0.15, 0.2) is 0 Å². The summed E-state index contributed by atoms with van der Waals surface area (Å²) in [6.45, 7) is 1.52. The highest BCUT2D eigenvalue weighted by Gasteiger charge is 2.46. The first kappa shape index (κ1) is 16.8. The first-order chi connectivity index (χ1) is 11.6. The third-order valence-corrected chi connectivity index (χ3v) is 5.23. The van der Waals surface area contributed by atoms with Crippen LogP contribution in [0.1, 0.15) is 43.6 Å². The number of carboxylic acid groups (broad SMARTS) is 1. The van der Waals surface area contributed by atoms with Gasteiger partial charge in [0, 0.05) is 25.4 Å². The van der Waals surface area contributed by atoms with Crippen LogP contribution in [0.2, 0.25) is 0 Å². The van der Waals surface area contributed by atoms with Crippen LogP contribution in [-0.2, 0) is 9.59 Å². The maximum atomic E-state index is 12.8. The molecule has 5 heteroatoms. The van der Waals surface area contributed by atoms with Crippen molar-refractivity contribution >= 4 is 11.9 Å². The van der Waals surface area contributed by atoms with Crippen LogP contribution >= 0.6 is 0 Å². The molecule has 0 aromatic heterocycles. The lowest BCUT2D eigenvalue weighted by atomic mass is 9.93. The van der Waals surface area contributed by atoms with Gasteiger partial charge in [0.2, 0.25) is 5.91 Å². The Hall–Kier alpha value is -2.04. The zero-order valence-corrected chi connectivity index (χ0v) is 14.1. The molecule has 0 spiro atoms. The Labute approximate surface area is 142 Å². The second-order valence-corrected chi connectivity index (χ2v) is 6.95. The molecular weight excluding hydrogens is 306 g/mol. The smallest absolute Gasteiger partial charge is 0.303 e. The number of hydrogen-bond acceptors (Lipinski definition) is 3. The van der Waals surface area contributed by atoms with Gasteiger partial charge in [-0.15, -0.1) is 0 Å². The average molecular weight is 331 g/mol. The molecule has 1 aromatic carbocycles. The van der Waals surface area contributed by atoms with E-state index in [9.17, 15) is 9.59 Å². The number of benzene rings is 1. The Morgan fingerprint density at radius 1 is 1.38 bits per heavy atom. The van der Waals surface area contributed by atoms with Crippen LogP contribution in [0.25, 0.3) is 0 Å². The van der Waals surface area contributed by atoms with Gasteiger partial charge in [0.05, 0.1) is 7.11 Å². The van der Waals surface area contributed by atoms with E-state index in [4.69, 9.17) is 9.84 Å². The SMILES string of the molecule is COc1cccc([C@@H]2C[C@H]2C(=O)N2CCC[C@@H](CCC(=O)O)C2)c1. The third-order valence-electron chi connectivity index (χ3n) is 5.23. The topological polar surface area (TPSA) is 66.8 Å². The molecule has 0 unspecified atom stereocenters. The Morgan fingerprint density at radius 3 is 2.96 bits per heavy atom. The minimum Gasteiger partial charge on any atom is -0.497 e. The van der Waals surface area contributed by atoms with E-state index in [0.29, 0.717) is 24.8 Å². The van der Waals surface area contributed by atoms with E-state index >= 15 is 0 Å². The standard InChI is InChI=1S/C19H25NO4/c1-24-15-6-2-5-14(10-15)16-11-17(16)19(23)20-9-3-4-13(12-20)7-8-18(21)22/h2,5-6,10,13,16-17H,3-4,7-9,11-12H2,1H3,(H,21,22)/t13-,16-,17+/m0/s1. The van der Waals surface area contributed by atoms with Crippen LogP contribution in [0, 0.1) is 11.8 Å². The Balaban J connectivity index is 1.56. The number of hydrogen-bond donors (Lipinski definition) is 1. The van der Waals surface area contributed by atoms with Gasteiger partial charge in [-0.05, 0) is 55.2 Å². The van der Waals surface area contributed by atoms with E-state index in [-0.39, 0.29) is 18.2 Å². The van der Waals surface area contributed by atoms with Gasteiger partial charge < -0.3 is 14.7 Å². The van der Waals surface area contributed by atoms with Crippen LogP contribution in [-0.4, -0.2) is 42.1 Å². The highest BCUT2D eigenvalue weighted by Crippen LogP contribution is 2.49.